The molecule has 0 atom stereocenters. The fourth-order valence-corrected chi connectivity index (χ4v) is 5.58. The van der Waals surface area contributed by atoms with Gasteiger partial charge < -0.3 is 4.90 Å². The van der Waals surface area contributed by atoms with Crippen LogP contribution in [0.25, 0.3) is 0 Å². The lowest BCUT2D eigenvalue weighted by molar-refractivity contribution is -0.118. The van der Waals surface area contributed by atoms with Crippen molar-refractivity contribution in [3.8, 4) is 0 Å². The summed E-state index contributed by atoms with van der Waals surface area (Å²) in [7, 11) is -3.52. The number of sulfonamides is 1. The summed E-state index contributed by atoms with van der Waals surface area (Å²) >= 11 is 0. The van der Waals surface area contributed by atoms with Crippen molar-refractivity contribution < 1.29 is 13.2 Å². The van der Waals surface area contributed by atoms with Gasteiger partial charge in [-0.25, -0.2) is 8.42 Å². The molecule has 2 aliphatic rings. The number of rotatable bonds is 4. The van der Waals surface area contributed by atoms with Crippen molar-refractivity contribution in [2.75, 3.05) is 28.0 Å². The third kappa shape index (κ3) is 3.58. The van der Waals surface area contributed by atoms with E-state index in [2.05, 4.69) is 0 Å². The van der Waals surface area contributed by atoms with Crippen molar-refractivity contribution in [3.05, 3.63) is 59.7 Å². The largest absolute Gasteiger partial charge is 0.312 e. The van der Waals surface area contributed by atoms with Crippen LogP contribution < -0.4 is 9.21 Å². The molecular formula is C21H24N2O3S. The van der Waals surface area contributed by atoms with Gasteiger partial charge in [-0.3, -0.25) is 9.10 Å². The zero-order valence-electron chi connectivity index (χ0n) is 15.3. The minimum absolute atomic E-state index is 0.00926. The molecule has 1 amide bonds. The van der Waals surface area contributed by atoms with Crippen molar-refractivity contribution in [1.29, 1.82) is 0 Å². The second-order valence-electron chi connectivity index (χ2n) is 7.15. The van der Waals surface area contributed by atoms with Gasteiger partial charge in [0.25, 0.3) is 0 Å². The topological polar surface area (TPSA) is 57.7 Å². The summed E-state index contributed by atoms with van der Waals surface area (Å²) in [6, 6.07) is 15.5. The minimum Gasteiger partial charge on any atom is -0.312 e. The lowest BCUT2D eigenvalue weighted by Crippen LogP contribution is -2.40. The number of fused-ring (bicyclic) bond motifs is 2. The number of amides is 1. The van der Waals surface area contributed by atoms with Gasteiger partial charge >= 0.3 is 0 Å². The molecule has 0 aromatic heterocycles. The summed E-state index contributed by atoms with van der Waals surface area (Å²) < 4.78 is 27.4. The van der Waals surface area contributed by atoms with E-state index in [0.29, 0.717) is 13.1 Å². The van der Waals surface area contributed by atoms with Crippen LogP contribution in [0.2, 0.25) is 0 Å². The van der Waals surface area contributed by atoms with E-state index in [1.165, 1.54) is 4.31 Å². The first-order valence-electron chi connectivity index (χ1n) is 9.53. The molecular weight excluding hydrogens is 360 g/mol. The van der Waals surface area contributed by atoms with Gasteiger partial charge in [0.15, 0.2) is 0 Å². The molecule has 27 heavy (non-hydrogen) atoms. The first-order chi connectivity index (χ1) is 13.1. The quantitative estimate of drug-likeness (QED) is 0.814. The molecule has 2 aromatic rings. The maximum absolute atomic E-state index is 12.9. The second-order valence-corrected chi connectivity index (χ2v) is 9.16. The number of benzene rings is 2. The molecule has 2 aromatic carbocycles. The summed E-state index contributed by atoms with van der Waals surface area (Å²) in [4.78, 5) is 14.5. The fraction of sp³-hybridized carbons (Fsp3) is 0.381. The van der Waals surface area contributed by atoms with Crippen LogP contribution in [0.1, 0.15) is 30.4 Å². The minimum atomic E-state index is -3.52. The highest BCUT2D eigenvalue weighted by atomic mass is 32.2. The highest BCUT2D eigenvalue weighted by Gasteiger charge is 2.29. The average molecular weight is 385 g/mol. The number of carbonyl (C=O) groups is 1. The Hall–Kier alpha value is -2.34. The van der Waals surface area contributed by atoms with Crippen LogP contribution in [0.4, 0.5) is 11.4 Å². The fourth-order valence-electron chi connectivity index (χ4n) is 4.04. The number of hydrogen-bond donors (Lipinski definition) is 0. The van der Waals surface area contributed by atoms with Gasteiger partial charge in [0.2, 0.25) is 15.9 Å². The van der Waals surface area contributed by atoms with Crippen molar-refractivity contribution in [2.45, 2.75) is 32.1 Å². The summed E-state index contributed by atoms with van der Waals surface area (Å²) in [5.74, 6) is -0.269. The van der Waals surface area contributed by atoms with Crippen LogP contribution in [0.15, 0.2) is 48.5 Å². The van der Waals surface area contributed by atoms with Crippen LogP contribution >= 0.6 is 0 Å². The molecule has 0 radical (unpaired) electrons. The Morgan fingerprint density at radius 2 is 1.44 bits per heavy atom. The Morgan fingerprint density at radius 1 is 0.852 bits per heavy atom. The average Bonchev–Trinajstić information content (AvgIpc) is 2.71. The van der Waals surface area contributed by atoms with E-state index in [9.17, 15) is 13.2 Å². The number of nitrogens with zero attached hydrogens (tertiary/aromatic N) is 2. The van der Waals surface area contributed by atoms with E-state index in [1.807, 2.05) is 48.5 Å². The zero-order valence-corrected chi connectivity index (χ0v) is 16.1. The Kier molecular flexibility index (Phi) is 4.91. The van der Waals surface area contributed by atoms with Crippen molar-refractivity contribution in [2.24, 2.45) is 0 Å². The van der Waals surface area contributed by atoms with Crippen molar-refractivity contribution >= 4 is 27.3 Å². The standard InChI is InChI=1S/C21H24N2O3S/c24-21(22-14-5-9-17-7-1-3-11-19(17)22)13-16-27(25,26)23-15-6-10-18-8-2-4-12-20(18)23/h1-4,7-8,11-12H,5-6,9-10,13-16H2. The molecule has 0 saturated carbocycles. The number of aryl methyl sites for hydroxylation is 2. The van der Waals surface area contributed by atoms with E-state index >= 15 is 0 Å². The van der Waals surface area contributed by atoms with Gasteiger partial charge in [-0.1, -0.05) is 36.4 Å². The van der Waals surface area contributed by atoms with Crippen molar-refractivity contribution in [3.63, 3.8) is 0 Å². The third-order valence-electron chi connectivity index (χ3n) is 5.39. The van der Waals surface area contributed by atoms with Gasteiger partial charge in [0.1, 0.15) is 0 Å². The Labute approximate surface area is 160 Å². The molecule has 0 bridgehead atoms. The van der Waals surface area contributed by atoms with Crippen LogP contribution in [0, 0.1) is 0 Å². The van der Waals surface area contributed by atoms with Crippen LogP contribution in [0.5, 0.6) is 0 Å². The van der Waals surface area contributed by atoms with E-state index in [1.54, 1.807) is 4.90 Å². The lowest BCUT2D eigenvalue weighted by atomic mass is 10.0. The second kappa shape index (κ2) is 7.35. The van der Waals surface area contributed by atoms with E-state index in [4.69, 9.17) is 0 Å². The predicted octanol–water partition coefficient (Wildman–Crippen LogP) is 3.14. The summed E-state index contributed by atoms with van der Waals surface area (Å²) in [5.41, 5.74) is 3.91. The molecule has 142 valence electrons. The smallest absolute Gasteiger partial charge is 0.235 e. The van der Waals surface area contributed by atoms with Crippen LogP contribution in [0.3, 0.4) is 0 Å². The first-order valence-corrected chi connectivity index (χ1v) is 11.1. The molecule has 5 nitrogen and oxygen atoms in total. The summed E-state index contributed by atoms with van der Waals surface area (Å²) in [5, 5.41) is 0. The molecule has 0 saturated heterocycles. The molecule has 2 heterocycles. The van der Waals surface area contributed by atoms with Crippen LogP contribution in [-0.2, 0) is 27.7 Å². The number of carbonyl (C=O) groups excluding carboxylic acids is 1. The number of anilines is 2. The molecule has 2 aliphatic heterocycles. The zero-order chi connectivity index (χ0) is 18.9. The highest BCUT2D eigenvalue weighted by molar-refractivity contribution is 7.92. The molecule has 0 spiro atoms. The maximum Gasteiger partial charge on any atom is 0.235 e. The SMILES string of the molecule is O=C(CCS(=O)(=O)N1CCCc2ccccc21)N1CCCc2ccccc21. The number of para-hydroxylation sites is 2. The summed E-state index contributed by atoms with van der Waals surface area (Å²) in [6.45, 7) is 1.14. The lowest BCUT2D eigenvalue weighted by Gasteiger charge is -2.32. The van der Waals surface area contributed by atoms with Crippen LogP contribution in [-0.4, -0.2) is 33.2 Å². The third-order valence-corrected chi connectivity index (χ3v) is 7.16. The van der Waals surface area contributed by atoms with E-state index in [-0.39, 0.29) is 18.1 Å². The molecule has 6 heteroatoms. The Morgan fingerprint density at radius 3 is 2.19 bits per heavy atom. The first kappa shape index (κ1) is 18.0. The van der Waals surface area contributed by atoms with Gasteiger partial charge in [-0.2, -0.15) is 0 Å². The Bertz CT molecular complexity index is 955. The van der Waals surface area contributed by atoms with Gasteiger partial charge in [0.05, 0.1) is 11.4 Å². The molecule has 0 aliphatic carbocycles. The molecule has 0 N–H and O–H groups in total. The van der Waals surface area contributed by atoms with Gasteiger partial charge in [-0.05, 0) is 48.9 Å². The molecule has 0 unspecified atom stereocenters. The van der Waals surface area contributed by atoms with Crippen molar-refractivity contribution in [1.82, 2.24) is 0 Å². The molecule has 0 fully saturated rings. The maximum atomic E-state index is 12.9. The van der Waals surface area contributed by atoms with E-state index in [0.717, 1.165) is 48.2 Å². The predicted molar refractivity (Wildman–Crippen MR) is 108 cm³/mol. The van der Waals surface area contributed by atoms with E-state index < -0.39 is 10.0 Å². The van der Waals surface area contributed by atoms with Gasteiger partial charge in [0, 0.05) is 25.2 Å². The number of hydrogen-bond acceptors (Lipinski definition) is 3. The molecule has 4 rings (SSSR count). The van der Waals surface area contributed by atoms with Gasteiger partial charge in [-0.15, -0.1) is 0 Å². The Balaban J connectivity index is 1.48. The monoisotopic (exact) mass is 384 g/mol. The highest BCUT2D eigenvalue weighted by Crippen LogP contribution is 2.30. The summed E-state index contributed by atoms with van der Waals surface area (Å²) in [6.07, 6.45) is 3.59. The normalized spacial score (nSPS) is 16.6.